The minimum atomic E-state index is 0.0574. The maximum Gasteiger partial charge on any atom is 0.234 e. The van der Waals surface area contributed by atoms with Crippen LogP contribution in [0.5, 0.6) is 5.75 Å². The van der Waals surface area contributed by atoms with Gasteiger partial charge >= 0.3 is 0 Å². The lowest BCUT2D eigenvalue weighted by Gasteiger charge is -2.17. The van der Waals surface area contributed by atoms with E-state index in [2.05, 4.69) is 24.4 Å². The molecule has 0 unspecified atom stereocenters. The summed E-state index contributed by atoms with van der Waals surface area (Å²) in [7, 11) is 1.96. The Hall–Kier alpha value is -2.33. The quantitative estimate of drug-likeness (QED) is 0.762. The number of rotatable bonds is 9. The van der Waals surface area contributed by atoms with Crippen LogP contribution in [0.25, 0.3) is 0 Å². The van der Waals surface area contributed by atoms with Crippen molar-refractivity contribution in [3.8, 4) is 5.75 Å². The fraction of sp³-hybridized carbons (Fsp3) is 0.381. The first-order valence-electron chi connectivity index (χ1n) is 8.80. The van der Waals surface area contributed by atoms with Crippen LogP contribution in [0.4, 0.5) is 0 Å². The van der Waals surface area contributed by atoms with Gasteiger partial charge < -0.3 is 10.1 Å². The molecule has 0 aliphatic carbocycles. The van der Waals surface area contributed by atoms with Crippen LogP contribution in [-0.4, -0.2) is 37.6 Å². The maximum atomic E-state index is 12.1. The van der Waals surface area contributed by atoms with Gasteiger partial charge in [0.1, 0.15) is 5.75 Å². The Morgan fingerprint density at radius 1 is 1.12 bits per heavy atom. The van der Waals surface area contributed by atoms with Crippen LogP contribution >= 0.6 is 0 Å². The summed E-state index contributed by atoms with van der Waals surface area (Å²) in [5.74, 6) is 0.935. The molecule has 2 aromatic carbocycles. The van der Waals surface area contributed by atoms with E-state index in [0.29, 0.717) is 19.7 Å². The fourth-order valence-corrected chi connectivity index (χ4v) is 2.75. The molecule has 4 heteroatoms. The minimum Gasteiger partial charge on any atom is -0.494 e. The molecular formula is C21H28N2O2. The lowest BCUT2D eigenvalue weighted by atomic mass is 10.1. The zero-order valence-corrected chi connectivity index (χ0v) is 15.4. The van der Waals surface area contributed by atoms with Crippen molar-refractivity contribution in [3.63, 3.8) is 0 Å². The van der Waals surface area contributed by atoms with Crippen LogP contribution < -0.4 is 10.1 Å². The van der Waals surface area contributed by atoms with E-state index in [-0.39, 0.29) is 5.91 Å². The highest BCUT2D eigenvalue weighted by Crippen LogP contribution is 2.13. The van der Waals surface area contributed by atoms with Gasteiger partial charge in [-0.15, -0.1) is 0 Å². The molecular weight excluding hydrogens is 312 g/mol. The third-order valence-corrected chi connectivity index (χ3v) is 4.08. The summed E-state index contributed by atoms with van der Waals surface area (Å²) in [4.78, 5) is 14.1. The smallest absolute Gasteiger partial charge is 0.234 e. The molecule has 0 aliphatic heterocycles. The minimum absolute atomic E-state index is 0.0574. The average molecular weight is 340 g/mol. The van der Waals surface area contributed by atoms with E-state index in [1.165, 1.54) is 16.7 Å². The summed E-state index contributed by atoms with van der Waals surface area (Å²) >= 11 is 0. The lowest BCUT2D eigenvalue weighted by Crippen LogP contribution is -2.35. The van der Waals surface area contributed by atoms with Crippen LogP contribution in [0, 0.1) is 6.92 Å². The number of likely N-dealkylation sites (N-methyl/N-ethyl adjacent to an activating group) is 1. The van der Waals surface area contributed by atoms with Gasteiger partial charge in [0.25, 0.3) is 0 Å². The van der Waals surface area contributed by atoms with Gasteiger partial charge in [0, 0.05) is 13.1 Å². The molecule has 0 aliphatic rings. The van der Waals surface area contributed by atoms with Gasteiger partial charge in [-0.1, -0.05) is 36.4 Å². The molecule has 25 heavy (non-hydrogen) atoms. The summed E-state index contributed by atoms with van der Waals surface area (Å²) in [5.41, 5.74) is 3.72. The molecule has 0 saturated heterocycles. The van der Waals surface area contributed by atoms with E-state index in [1.54, 1.807) is 0 Å². The second-order valence-electron chi connectivity index (χ2n) is 6.28. The number of carbonyl (C=O) groups is 1. The van der Waals surface area contributed by atoms with Crippen LogP contribution in [-0.2, 0) is 17.8 Å². The molecule has 2 aromatic rings. The summed E-state index contributed by atoms with van der Waals surface area (Å²) in [5, 5.41) is 3.00. The van der Waals surface area contributed by atoms with Crippen molar-refractivity contribution in [2.75, 3.05) is 26.7 Å². The number of benzene rings is 2. The Bertz CT molecular complexity index is 668. The van der Waals surface area contributed by atoms with Crippen molar-refractivity contribution in [3.05, 3.63) is 65.2 Å². The van der Waals surface area contributed by atoms with Crippen LogP contribution in [0.1, 0.15) is 23.6 Å². The summed E-state index contributed by atoms with van der Waals surface area (Å²) < 4.78 is 5.44. The molecule has 0 spiro atoms. The number of hydrogen-bond acceptors (Lipinski definition) is 3. The number of ether oxygens (including phenoxy) is 1. The van der Waals surface area contributed by atoms with Crippen molar-refractivity contribution < 1.29 is 9.53 Å². The largest absolute Gasteiger partial charge is 0.494 e. The molecule has 0 saturated carbocycles. The van der Waals surface area contributed by atoms with E-state index >= 15 is 0 Å². The molecule has 0 fully saturated rings. The SMILES string of the molecule is CCOc1ccc(CN(C)CC(=O)NCCc2ccccc2C)cc1. The van der Waals surface area contributed by atoms with Gasteiger partial charge in [0.05, 0.1) is 13.2 Å². The molecule has 2 rings (SSSR count). The Labute approximate surface area is 150 Å². The van der Waals surface area contributed by atoms with Gasteiger partial charge in [-0.3, -0.25) is 9.69 Å². The first-order valence-corrected chi connectivity index (χ1v) is 8.80. The highest BCUT2D eigenvalue weighted by atomic mass is 16.5. The van der Waals surface area contributed by atoms with E-state index in [4.69, 9.17) is 4.74 Å². The average Bonchev–Trinajstić information content (AvgIpc) is 2.58. The van der Waals surface area contributed by atoms with Crippen LogP contribution in [0.15, 0.2) is 48.5 Å². The van der Waals surface area contributed by atoms with E-state index in [1.807, 2.05) is 55.3 Å². The van der Waals surface area contributed by atoms with Gasteiger partial charge in [-0.05, 0) is 56.1 Å². The predicted octanol–water partition coefficient (Wildman–Crippen LogP) is 3.18. The van der Waals surface area contributed by atoms with Gasteiger partial charge in [-0.25, -0.2) is 0 Å². The number of hydrogen-bond donors (Lipinski definition) is 1. The predicted molar refractivity (Wildman–Crippen MR) is 102 cm³/mol. The Kier molecular flexibility index (Phi) is 7.48. The first-order chi connectivity index (χ1) is 12.1. The molecule has 0 atom stereocenters. The Morgan fingerprint density at radius 2 is 1.84 bits per heavy atom. The zero-order valence-electron chi connectivity index (χ0n) is 15.4. The van der Waals surface area contributed by atoms with Gasteiger partial charge in [0.2, 0.25) is 5.91 Å². The van der Waals surface area contributed by atoms with Crippen molar-refractivity contribution in [2.45, 2.75) is 26.8 Å². The number of carbonyl (C=O) groups excluding carboxylic acids is 1. The standard InChI is InChI=1S/C21H28N2O2/c1-4-25-20-11-9-18(10-12-20)15-23(3)16-21(24)22-14-13-19-8-6-5-7-17(19)2/h5-12H,4,13-16H2,1-3H3,(H,22,24). The Morgan fingerprint density at radius 3 is 2.52 bits per heavy atom. The van der Waals surface area contributed by atoms with Crippen LogP contribution in [0.3, 0.4) is 0 Å². The Balaban J connectivity index is 1.71. The van der Waals surface area contributed by atoms with E-state index < -0.39 is 0 Å². The molecule has 1 N–H and O–H groups in total. The zero-order chi connectivity index (χ0) is 18.1. The number of nitrogens with zero attached hydrogens (tertiary/aromatic N) is 1. The van der Waals surface area contributed by atoms with Crippen molar-refractivity contribution in [1.82, 2.24) is 10.2 Å². The van der Waals surface area contributed by atoms with Gasteiger partial charge in [0.15, 0.2) is 0 Å². The monoisotopic (exact) mass is 340 g/mol. The number of amides is 1. The van der Waals surface area contributed by atoms with Crippen molar-refractivity contribution in [1.29, 1.82) is 0 Å². The van der Waals surface area contributed by atoms with E-state index in [0.717, 1.165) is 18.7 Å². The van der Waals surface area contributed by atoms with Crippen molar-refractivity contribution >= 4 is 5.91 Å². The molecule has 0 heterocycles. The molecule has 134 valence electrons. The third-order valence-electron chi connectivity index (χ3n) is 4.08. The normalized spacial score (nSPS) is 10.7. The van der Waals surface area contributed by atoms with Crippen LogP contribution in [0.2, 0.25) is 0 Å². The highest BCUT2D eigenvalue weighted by Gasteiger charge is 2.07. The number of aryl methyl sites for hydroxylation is 1. The molecule has 0 bridgehead atoms. The molecule has 4 nitrogen and oxygen atoms in total. The highest BCUT2D eigenvalue weighted by molar-refractivity contribution is 5.77. The van der Waals surface area contributed by atoms with Crippen molar-refractivity contribution in [2.24, 2.45) is 0 Å². The third kappa shape index (κ3) is 6.59. The van der Waals surface area contributed by atoms with E-state index in [9.17, 15) is 4.79 Å². The molecule has 1 amide bonds. The number of nitrogens with one attached hydrogen (secondary N) is 1. The fourth-order valence-electron chi connectivity index (χ4n) is 2.75. The van der Waals surface area contributed by atoms with Gasteiger partial charge in [-0.2, -0.15) is 0 Å². The lowest BCUT2D eigenvalue weighted by molar-refractivity contribution is -0.122. The summed E-state index contributed by atoms with van der Waals surface area (Å²) in [6, 6.07) is 16.3. The molecule has 0 aromatic heterocycles. The summed E-state index contributed by atoms with van der Waals surface area (Å²) in [6.07, 6.45) is 0.862. The molecule has 0 radical (unpaired) electrons. The summed E-state index contributed by atoms with van der Waals surface area (Å²) in [6.45, 7) is 6.53. The first kappa shape index (κ1) is 19.0. The maximum absolute atomic E-state index is 12.1. The second-order valence-corrected chi connectivity index (χ2v) is 6.28. The second kappa shape index (κ2) is 9.84. The topological polar surface area (TPSA) is 41.6 Å².